The number of rotatable bonds is 6. The van der Waals surface area contributed by atoms with Crippen LogP contribution < -0.4 is 5.73 Å². The number of aryl methyl sites for hydroxylation is 2. The molecule has 0 saturated carbocycles. The second kappa shape index (κ2) is 7.86. The van der Waals surface area contributed by atoms with Crippen molar-refractivity contribution >= 4 is 11.8 Å². The van der Waals surface area contributed by atoms with E-state index in [9.17, 15) is 4.79 Å². The van der Waals surface area contributed by atoms with Crippen LogP contribution in [0, 0.1) is 12.3 Å². The predicted molar refractivity (Wildman–Crippen MR) is 105 cm³/mol. The highest BCUT2D eigenvalue weighted by molar-refractivity contribution is 5.95. The molecule has 0 aliphatic carbocycles. The van der Waals surface area contributed by atoms with Gasteiger partial charge in [0, 0.05) is 23.2 Å². The minimum atomic E-state index is -0.206. The van der Waals surface area contributed by atoms with Crippen LogP contribution in [-0.2, 0) is 16.0 Å². The van der Waals surface area contributed by atoms with Crippen LogP contribution in [0.1, 0.15) is 23.2 Å². The Morgan fingerprint density at radius 2 is 1.81 bits per heavy atom. The fourth-order valence-electron chi connectivity index (χ4n) is 2.85. The molecule has 3 aromatic rings. The fraction of sp³-hybridized carbons (Fsp3) is 0.190. The van der Waals surface area contributed by atoms with E-state index in [0.29, 0.717) is 18.4 Å². The largest absolute Gasteiger partial charge is 0.469 e. The zero-order chi connectivity index (χ0) is 19.4. The van der Waals surface area contributed by atoms with E-state index in [1.165, 1.54) is 7.11 Å². The molecule has 2 aromatic carbocycles. The highest BCUT2D eigenvalue weighted by atomic mass is 16.5. The number of nitrogens with one attached hydrogen (secondary N) is 1. The average molecular weight is 362 g/mol. The molecule has 0 fully saturated rings. The molecular weight excluding hydrogens is 340 g/mol. The third kappa shape index (κ3) is 4.23. The molecule has 0 amide bonds. The number of benzene rings is 2. The van der Waals surface area contributed by atoms with Crippen LogP contribution in [0.4, 0.5) is 0 Å². The van der Waals surface area contributed by atoms with Crippen molar-refractivity contribution in [1.29, 1.82) is 5.41 Å². The number of carbonyl (C=O) groups excluding carboxylic acids is 1. The monoisotopic (exact) mass is 362 g/mol. The Morgan fingerprint density at radius 1 is 1.15 bits per heavy atom. The van der Waals surface area contributed by atoms with Crippen molar-refractivity contribution < 1.29 is 9.53 Å². The summed E-state index contributed by atoms with van der Waals surface area (Å²) >= 11 is 0. The number of carbonyl (C=O) groups is 1. The highest BCUT2D eigenvalue weighted by Gasteiger charge is 2.09. The minimum absolute atomic E-state index is 0.0514. The summed E-state index contributed by atoms with van der Waals surface area (Å²) in [7, 11) is 1.40. The molecule has 0 aliphatic rings. The summed E-state index contributed by atoms with van der Waals surface area (Å²) < 4.78 is 6.56. The number of ether oxygens (including phenoxy) is 1. The molecule has 0 radical (unpaired) electrons. The zero-order valence-electron chi connectivity index (χ0n) is 15.4. The summed E-state index contributed by atoms with van der Waals surface area (Å²) in [6, 6.07) is 17.5. The Kier molecular flexibility index (Phi) is 5.35. The maximum Gasteiger partial charge on any atom is 0.305 e. The molecule has 0 bridgehead atoms. The van der Waals surface area contributed by atoms with Crippen molar-refractivity contribution in [3.05, 3.63) is 71.4 Å². The number of nitrogens with two attached hydrogens (primary N) is 1. The van der Waals surface area contributed by atoms with E-state index in [0.717, 1.165) is 28.2 Å². The fourth-order valence-corrected chi connectivity index (χ4v) is 2.85. The molecule has 0 aliphatic heterocycles. The predicted octanol–water partition coefficient (Wildman–Crippen LogP) is 3.24. The van der Waals surface area contributed by atoms with Crippen molar-refractivity contribution in [3.8, 4) is 16.9 Å². The number of aromatic nitrogens is 2. The SMILES string of the molecule is COC(=O)CCc1ccc(-n2nc(-c3ccc(C(=N)N)cc3)cc2C)cc1. The third-order valence-electron chi connectivity index (χ3n) is 4.41. The molecule has 3 N–H and O–H groups in total. The molecule has 0 unspecified atom stereocenters. The summed E-state index contributed by atoms with van der Waals surface area (Å²) in [5, 5.41) is 12.2. The van der Waals surface area contributed by atoms with Crippen molar-refractivity contribution in [1.82, 2.24) is 9.78 Å². The van der Waals surface area contributed by atoms with Crippen molar-refractivity contribution in [2.75, 3.05) is 7.11 Å². The molecular formula is C21H22N4O2. The summed E-state index contributed by atoms with van der Waals surface area (Å²) in [5.74, 6) is -0.155. The van der Waals surface area contributed by atoms with Gasteiger partial charge in [0.2, 0.25) is 0 Å². The second-order valence-electron chi connectivity index (χ2n) is 6.32. The van der Waals surface area contributed by atoms with Crippen molar-refractivity contribution in [3.63, 3.8) is 0 Å². The van der Waals surface area contributed by atoms with Crippen molar-refractivity contribution in [2.24, 2.45) is 5.73 Å². The van der Waals surface area contributed by atoms with Gasteiger partial charge < -0.3 is 10.5 Å². The number of methoxy groups -OCH3 is 1. The zero-order valence-corrected chi connectivity index (χ0v) is 15.4. The van der Waals surface area contributed by atoms with E-state index in [1.807, 2.05) is 66.2 Å². The van der Waals surface area contributed by atoms with Gasteiger partial charge in [0.25, 0.3) is 0 Å². The lowest BCUT2D eigenvalue weighted by Gasteiger charge is -2.06. The first-order chi connectivity index (χ1) is 13.0. The van der Waals surface area contributed by atoms with Gasteiger partial charge in [-0.15, -0.1) is 0 Å². The van der Waals surface area contributed by atoms with E-state index in [2.05, 4.69) is 4.74 Å². The molecule has 0 spiro atoms. The maximum absolute atomic E-state index is 11.3. The van der Waals surface area contributed by atoms with Gasteiger partial charge in [-0.25, -0.2) is 4.68 Å². The Morgan fingerprint density at radius 3 is 2.41 bits per heavy atom. The van der Waals surface area contributed by atoms with Crippen molar-refractivity contribution in [2.45, 2.75) is 19.8 Å². The number of amidine groups is 1. The number of nitrogen functional groups attached to an aromatic ring is 1. The van der Waals surface area contributed by atoms with Gasteiger partial charge in [0.15, 0.2) is 0 Å². The minimum Gasteiger partial charge on any atom is -0.469 e. The lowest BCUT2D eigenvalue weighted by atomic mass is 10.1. The number of nitrogens with zero attached hydrogens (tertiary/aromatic N) is 2. The number of hydrogen-bond donors (Lipinski definition) is 2. The van der Waals surface area contributed by atoms with E-state index >= 15 is 0 Å². The molecule has 3 rings (SSSR count). The highest BCUT2D eigenvalue weighted by Crippen LogP contribution is 2.22. The molecule has 6 heteroatoms. The molecule has 1 heterocycles. The van der Waals surface area contributed by atoms with Crippen LogP contribution in [0.3, 0.4) is 0 Å². The van der Waals surface area contributed by atoms with Gasteiger partial charge in [-0.1, -0.05) is 36.4 Å². The van der Waals surface area contributed by atoms with Crippen LogP contribution in [0.25, 0.3) is 16.9 Å². The van der Waals surface area contributed by atoms with Gasteiger partial charge in [0.1, 0.15) is 5.84 Å². The first kappa shape index (κ1) is 18.4. The summed E-state index contributed by atoms with van der Waals surface area (Å²) in [6.07, 6.45) is 1.02. The van der Waals surface area contributed by atoms with Crippen LogP contribution in [0.5, 0.6) is 0 Å². The average Bonchev–Trinajstić information content (AvgIpc) is 3.08. The number of esters is 1. The van der Waals surface area contributed by atoms with E-state index in [1.54, 1.807) is 0 Å². The van der Waals surface area contributed by atoms with Crippen LogP contribution in [0.15, 0.2) is 54.6 Å². The summed E-state index contributed by atoms with van der Waals surface area (Å²) in [5.41, 5.74) is 11.1. The summed E-state index contributed by atoms with van der Waals surface area (Å²) in [4.78, 5) is 11.3. The van der Waals surface area contributed by atoms with E-state index < -0.39 is 0 Å². The molecule has 27 heavy (non-hydrogen) atoms. The van der Waals surface area contributed by atoms with E-state index in [-0.39, 0.29) is 11.8 Å². The number of hydrogen-bond acceptors (Lipinski definition) is 4. The maximum atomic E-state index is 11.3. The van der Waals surface area contributed by atoms with Gasteiger partial charge in [-0.05, 0) is 37.1 Å². The van der Waals surface area contributed by atoms with E-state index in [4.69, 9.17) is 16.2 Å². The first-order valence-electron chi connectivity index (χ1n) is 8.65. The van der Waals surface area contributed by atoms with Crippen LogP contribution in [0.2, 0.25) is 0 Å². The molecule has 1 aromatic heterocycles. The third-order valence-corrected chi connectivity index (χ3v) is 4.41. The molecule has 0 saturated heterocycles. The summed E-state index contributed by atoms with van der Waals surface area (Å²) in [6.45, 7) is 2.01. The molecule has 138 valence electrons. The van der Waals surface area contributed by atoms with Gasteiger partial charge in [-0.2, -0.15) is 5.10 Å². The smallest absolute Gasteiger partial charge is 0.305 e. The van der Waals surface area contributed by atoms with Crippen LogP contribution in [-0.4, -0.2) is 28.7 Å². The quantitative estimate of drug-likeness (QED) is 0.400. The normalized spacial score (nSPS) is 10.6. The van der Waals surface area contributed by atoms with Gasteiger partial charge in [-0.3, -0.25) is 10.2 Å². The lowest BCUT2D eigenvalue weighted by molar-refractivity contribution is -0.140. The Balaban J connectivity index is 1.79. The topological polar surface area (TPSA) is 94.0 Å². The van der Waals surface area contributed by atoms with Gasteiger partial charge >= 0.3 is 5.97 Å². The van der Waals surface area contributed by atoms with Crippen LogP contribution >= 0.6 is 0 Å². The Labute approximate surface area is 158 Å². The van der Waals surface area contributed by atoms with Gasteiger partial charge in [0.05, 0.1) is 18.5 Å². The molecule has 6 nitrogen and oxygen atoms in total. The Hall–Kier alpha value is -3.41. The lowest BCUT2D eigenvalue weighted by Crippen LogP contribution is -2.10. The Bertz CT molecular complexity index is 957. The standard InChI is InChI=1S/C21H22N4O2/c1-14-13-19(16-6-8-17(9-7-16)21(22)23)24-25(14)18-10-3-15(4-11-18)5-12-20(26)27-2/h3-4,6-11,13H,5,12H2,1-2H3,(H3,22,23). The second-order valence-corrected chi connectivity index (χ2v) is 6.32. The molecule has 0 atom stereocenters. The first-order valence-corrected chi connectivity index (χ1v) is 8.65.